The van der Waals surface area contributed by atoms with E-state index < -0.39 is 23.5 Å². The molecule has 3 rings (SSSR count). The Morgan fingerprint density at radius 3 is 2.33 bits per heavy atom. The van der Waals surface area contributed by atoms with E-state index in [-0.39, 0.29) is 30.2 Å². The Balaban J connectivity index is 0.00000110. The predicted octanol–water partition coefficient (Wildman–Crippen LogP) is -2.23. The average molecular weight is 441 g/mol. The second kappa shape index (κ2) is 6.76. The second-order valence-corrected chi connectivity index (χ2v) is 48.1. The van der Waals surface area contributed by atoms with Crippen molar-refractivity contribution < 1.29 is 47.9 Å². The molecule has 0 aromatic heterocycles. The molecule has 7 heteroatoms. The van der Waals surface area contributed by atoms with E-state index >= 15 is 0 Å². The van der Waals surface area contributed by atoms with Crippen molar-refractivity contribution in [1.29, 1.82) is 0 Å². The summed E-state index contributed by atoms with van der Waals surface area (Å²) in [7, 11) is 0. The van der Waals surface area contributed by atoms with E-state index in [4.69, 9.17) is 0 Å². The van der Waals surface area contributed by atoms with E-state index in [1.807, 2.05) is 0 Å². The Hall–Kier alpha value is 0.847. The van der Waals surface area contributed by atoms with Gasteiger partial charge in [-0.1, -0.05) is 0 Å². The van der Waals surface area contributed by atoms with Gasteiger partial charge in [0, 0.05) is 0 Å². The first-order valence-electron chi connectivity index (χ1n) is 7.39. The van der Waals surface area contributed by atoms with Crippen molar-refractivity contribution in [3.8, 4) is 0 Å². The number of carbonyl (C=O) groups is 1. The maximum absolute atomic E-state index is 12.2. The van der Waals surface area contributed by atoms with Crippen molar-refractivity contribution in [1.82, 2.24) is 3.26 Å². The zero-order chi connectivity index (χ0) is 13.8. The molecular weight excluding hydrogens is 416 g/mol. The maximum Gasteiger partial charge on any atom is -1.00 e. The van der Waals surface area contributed by atoms with E-state index in [2.05, 4.69) is 53.8 Å². The average Bonchev–Trinajstić information content (AvgIpc) is 2.79. The van der Waals surface area contributed by atoms with Crippen molar-refractivity contribution in [2.75, 3.05) is 0 Å². The summed E-state index contributed by atoms with van der Waals surface area (Å²) >= 11 is -2.42. The zero-order valence-corrected chi connectivity index (χ0v) is 19.1. The summed E-state index contributed by atoms with van der Waals surface area (Å²) in [6, 6.07) is 0. The fourth-order valence-electron chi connectivity index (χ4n) is 4.75. The molecule has 1 N–H and O–H groups in total. The molecule has 2 nitrogen and oxygen atoms in total. The molecule has 0 aromatic rings. The normalized spacial score (nSPS) is 35.4. The van der Waals surface area contributed by atoms with Gasteiger partial charge in [-0.2, -0.15) is 0 Å². The molecule has 4 atom stereocenters. The Morgan fingerprint density at radius 1 is 1.19 bits per heavy atom. The minimum absolute atomic E-state index is 0. The van der Waals surface area contributed by atoms with Crippen LogP contribution in [-0.2, 0) is 18.3 Å². The molecule has 1 aliphatic heterocycles. The molecule has 2 fully saturated rings. The van der Waals surface area contributed by atoms with Gasteiger partial charge in [-0.15, -0.1) is 0 Å². The van der Waals surface area contributed by atoms with Crippen molar-refractivity contribution in [3.63, 3.8) is 0 Å². The van der Waals surface area contributed by atoms with Gasteiger partial charge in [-0.05, 0) is 0 Å². The molecule has 3 aliphatic rings. The SMILES string of the molecule is C[Si](C)=[Zr+2]1([CH]2CCC3C=CC=CC32)[NH]C(=O)[Si]1(C)C.[Cl-].[Cl-]. The van der Waals surface area contributed by atoms with Gasteiger partial charge in [0.1, 0.15) is 0 Å². The van der Waals surface area contributed by atoms with E-state index in [1.165, 1.54) is 12.8 Å². The summed E-state index contributed by atoms with van der Waals surface area (Å²) in [5.41, 5.74) is 0.155. The summed E-state index contributed by atoms with van der Waals surface area (Å²) in [5.74, 6) is 1.53. The van der Waals surface area contributed by atoms with E-state index in [9.17, 15) is 4.79 Å². The molecule has 0 radical (unpaired) electrons. The number of fused-ring (bicyclic) bond motifs is 1. The predicted molar refractivity (Wildman–Crippen MR) is 81.7 cm³/mol. The number of nitrogens with one attached hydrogen (secondary N) is 1. The molecule has 0 spiro atoms. The molecule has 0 bridgehead atoms. The van der Waals surface area contributed by atoms with Crippen LogP contribution >= 0.6 is 0 Å². The molecule has 4 unspecified atom stereocenters. The van der Waals surface area contributed by atoms with Gasteiger partial charge in [0.05, 0.1) is 0 Å². The smallest absolute Gasteiger partial charge is 1.00 e. The minimum Gasteiger partial charge on any atom is -1.00 e. The summed E-state index contributed by atoms with van der Waals surface area (Å²) < 4.78 is 4.53. The second-order valence-electron chi connectivity index (χ2n) is 7.08. The van der Waals surface area contributed by atoms with Crippen LogP contribution in [0.5, 0.6) is 0 Å². The van der Waals surface area contributed by atoms with Gasteiger partial charge in [0.2, 0.25) is 0 Å². The molecule has 21 heavy (non-hydrogen) atoms. The molecule has 2 aliphatic carbocycles. The minimum atomic E-state index is -2.42. The van der Waals surface area contributed by atoms with E-state index in [0.717, 1.165) is 15.5 Å². The maximum atomic E-state index is 12.2. The summed E-state index contributed by atoms with van der Waals surface area (Å²) in [5, 5.41) is -1.59. The molecule has 1 heterocycles. The van der Waals surface area contributed by atoms with Gasteiger partial charge in [-0.3, -0.25) is 0 Å². The third-order valence-electron chi connectivity index (χ3n) is 5.78. The zero-order valence-electron chi connectivity index (χ0n) is 13.1. The van der Waals surface area contributed by atoms with Gasteiger partial charge >= 0.3 is 121 Å². The Bertz CT molecular complexity index is 555. The van der Waals surface area contributed by atoms with Crippen molar-refractivity contribution in [2.45, 2.75) is 42.7 Å². The largest absolute Gasteiger partial charge is 1.00 e. The third-order valence-corrected chi connectivity index (χ3v) is 70.8. The van der Waals surface area contributed by atoms with Crippen LogP contribution in [0.4, 0.5) is 4.79 Å². The van der Waals surface area contributed by atoms with Crippen LogP contribution in [0.25, 0.3) is 0 Å². The van der Waals surface area contributed by atoms with Gasteiger partial charge in [-0.25, -0.2) is 0 Å². The van der Waals surface area contributed by atoms with Crippen molar-refractivity contribution >= 4 is 16.2 Å². The Labute approximate surface area is 145 Å². The number of rotatable bonds is 1. The van der Waals surface area contributed by atoms with Crippen LogP contribution in [0, 0.1) is 11.8 Å². The van der Waals surface area contributed by atoms with Crippen LogP contribution in [0.15, 0.2) is 24.3 Å². The first-order valence-corrected chi connectivity index (χ1v) is 22.9. The van der Waals surface area contributed by atoms with Crippen LogP contribution in [-0.4, -0.2) is 16.2 Å². The van der Waals surface area contributed by atoms with Crippen LogP contribution < -0.4 is 28.1 Å². The Kier molecular flexibility index (Phi) is 6.41. The molecule has 1 saturated carbocycles. The number of carbonyl (C=O) groups excluding carboxylic acids is 1. The summed E-state index contributed by atoms with van der Waals surface area (Å²) in [6.45, 7) is 9.75. The fourth-order valence-corrected chi connectivity index (χ4v) is 74.6. The first kappa shape index (κ1) is 19.9. The number of hydrogen-bond acceptors (Lipinski definition) is 1. The van der Waals surface area contributed by atoms with E-state index in [0.29, 0.717) is 5.53 Å². The van der Waals surface area contributed by atoms with Crippen molar-refractivity contribution in [2.24, 2.45) is 11.8 Å². The van der Waals surface area contributed by atoms with Crippen LogP contribution in [0.2, 0.25) is 29.8 Å². The van der Waals surface area contributed by atoms with Crippen LogP contribution in [0.3, 0.4) is 0 Å². The number of amides is 1. The molecule has 0 aromatic carbocycles. The third kappa shape index (κ3) is 2.65. The number of allylic oxidation sites excluding steroid dienone is 4. The fraction of sp³-hybridized carbons (Fsp3) is 0.643. The number of halogens is 2. The Morgan fingerprint density at radius 2 is 1.81 bits per heavy atom. The van der Waals surface area contributed by atoms with Gasteiger partial charge < -0.3 is 24.8 Å². The summed E-state index contributed by atoms with van der Waals surface area (Å²) in [6.07, 6.45) is 12.1. The van der Waals surface area contributed by atoms with Crippen LogP contribution in [0.1, 0.15) is 12.8 Å². The summed E-state index contributed by atoms with van der Waals surface area (Å²) in [4.78, 5) is 12.2. The monoisotopic (exact) mass is 438 g/mol. The van der Waals surface area contributed by atoms with Gasteiger partial charge in [0.25, 0.3) is 0 Å². The number of hydrogen-bond donors (Lipinski definition) is 1. The standard InChI is InChI=1S/C9H11.C3H8NOSi.C2H6Si.2ClH.Zr/c1-2-5-9-7-3-6-8(9)4-1;1-6(2)3(4)5;1-3-2;;;/h1-2,4-6,8-9H,3,7H2;1-2H3,(H2,4,5);1-2H3;2*1H;/q;;;;;+3/p-3. The van der Waals surface area contributed by atoms with E-state index in [1.54, 1.807) is 0 Å². The molecular formula is C14H24Cl2NOSi2Zr. The topological polar surface area (TPSA) is 29.1 Å². The quantitative estimate of drug-likeness (QED) is 0.460. The van der Waals surface area contributed by atoms with Gasteiger partial charge in [0.15, 0.2) is 0 Å². The molecule has 1 saturated heterocycles. The molecule has 1 amide bonds. The molecule has 117 valence electrons. The first-order chi connectivity index (χ1) is 8.91. The van der Waals surface area contributed by atoms with Crippen molar-refractivity contribution in [3.05, 3.63) is 24.3 Å².